The van der Waals surface area contributed by atoms with Crippen molar-refractivity contribution in [1.29, 1.82) is 0 Å². The summed E-state index contributed by atoms with van der Waals surface area (Å²) in [6, 6.07) is 12.8. The number of rotatable bonds is 0. The van der Waals surface area contributed by atoms with Crippen LogP contribution in [0.4, 0.5) is 5.82 Å². The number of anilines is 1. The van der Waals surface area contributed by atoms with E-state index in [9.17, 15) is 5.21 Å². The van der Waals surface area contributed by atoms with E-state index < -0.39 is 0 Å². The molecule has 4 N–H and O–H groups in total. The molecule has 1 saturated heterocycles. The molecule has 1 aromatic heterocycles. The minimum absolute atomic E-state index is 0. The van der Waals surface area contributed by atoms with Crippen molar-refractivity contribution in [3.05, 3.63) is 64.5 Å². The van der Waals surface area contributed by atoms with E-state index in [0.717, 1.165) is 18.8 Å². The molecule has 2 aliphatic heterocycles. The summed E-state index contributed by atoms with van der Waals surface area (Å²) in [5, 5.41) is 12.5. The van der Waals surface area contributed by atoms with Gasteiger partial charge in [-0.25, -0.2) is 4.98 Å². The first-order valence-electron chi connectivity index (χ1n) is 7.48. The molecule has 0 bridgehead atoms. The van der Waals surface area contributed by atoms with Crippen LogP contribution in [-0.2, 0) is 6.42 Å². The lowest BCUT2D eigenvalue weighted by Gasteiger charge is -2.49. The van der Waals surface area contributed by atoms with Crippen molar-refractivity contribution in [3.8, 4) is 0 Å². The van der Waals surface area contributed by atoms with Crippen LogP contribution in [0.25, 0.3) is 0 Å². The lowest BCUT2D eigenvalue weighted by molar-refractivity contribution is -0.864. The monoisotopic (exact) mass is 317 g/mol. The van der Waals surface area contributed by atoms with Gasteiger partial charge in [0.05, 0.1) is 20.1 Å². The quantitative estimate of drug-likeness (QED) is 0.531. The molecular formula is C17H23N3O3. The molecule has 4 rings (SSSR count). The third kappa shape index (κ3) is 2.94. The van der Waals surface area contributed by atoms with Gasteiger partial charge in [-0.3, -0.25) is 0 Å². The Kier molecular flexibility index (Phi) is 4.72. The van der Waals surface area contributed by atoms with Crippen molar-refractivity contribution >= 4 is 5.82 Å². The number of hydrogen-bond acceptors (Lipinski definition) is 3. The number of fused-ring (bicyclic) bond motifs is 5. The maximum absolute atomic E-state index is 12.5. The third-order valence-corrected chi connectivity index (χ3v) is 4.68. The molecular weight excluding hydrogens is 294 g/mol. The predicted octanol–water partition coefficient (Wildman–Crippen LogP) is 0.842. The van der Waals surface area contributed by atoms with Crippen molar-refractivity contribution in [3.63, 3.8) is 0 Å². The second-order valence-corrected chi connectivity index (χ2v) is 6.27. The molecule has 2 aromatic rings. The first kappa shape index (κ1) is 17.4. The highest BCUT2D eigenvalue weighted by atomic mass is 16.5. The Labute approximate surface area is 135 Å². The van der Waals surface area contributed by atoms with Gasteiger partial charge in [0.25, 0.3) is 0 Å². The maximum Gasteiger partial charge on any atom is 0.132 e. The summed E-state index contributed by atoms with van der Waals surface area (Å²) in [5.41, 5.74) is 3.87. The Bertz CT molecular complexity index is 690. The molecule has 0 spiro atoms. The number of pyridine rings is 1. The van der Waals surface area contributed by atoms with Crippen LogP contribution in [0.1, 0.15) is 22.7 Å². The zero-order valence-corrected chi connectivity index (χ0v) is 13.2. The fraction of sp³-hybridized carbons (Fsp3) is 0.353. The van der Waals surface area contributed by atoms with E-state index in [1.807, 2.05) is 12.3 Å². The lowest BCUT2D eigenvalue weighted by atomic mass is 9.96. The number of nitrogens with zero attached hydrogens (tertiary/aromatic N) is 3. The molecule has 124 valence electrons. The summed E-state index contributed by atoms with van der Waals surface area (Å²) >= 11 is 0. The zero-order valence-electron chi connectivity index (χ0n) is 13.2. The normalized spacial score (nSPS) is 25.0. The molecule has 6 heteroatoms. The number of aromatic nitrogens is 1. The largest absolute Gasteiger partial charge is 0.633 e. The second kappa shape index (κ2) is 6.25. The van der Waals surface area contributed by atoms with Crippen molar-refractivity contribution in [1.82, 2.24) is 4.98 Å². The molecule has 0 amide bonds. The number of likely N-dealkylation sites (N-methyl/N-ethyl adjacent to an activating group) is 1. The van der Waals surface area contributed by atoms with Crippen LogP contribution in [0.5, 0.6) is 0 Å². The van der Waals surface area contributed by atoms with Crippen molar-refractivity contribution in [2.45, 2.75) is 12.5 Å². The second-order valence-electron chi connectivity index (χ2n) is 6.27. The van der Waals surface area contributed by atoms with E-state index in [-0.39, 0.29) is 21.6 Å². The number of benzene rings is 1. The summed E-state index contributed by atoms with van der Waals surface area (Å²) in [5.74, 6) is 1.05. The predicted molar refractivity (Wildman–Crippen MR) is 90.1 cm³/mol. The Morgan fingerprint density at radius 3 is 2.70 bits per heavy atom. The van der Waals surface area contributed by atoms with Gasteiger partial charge >= 0.3 is 0 Å². The highest BCUT2D eigenvalue weighted by Gasteiger charge is 2.37. The molecule has 2 aliphatic rings. The van der Waals surface area contributed by atoms with Gasteiger partial charge in [0.15, 0.2) is 0 Å². The molecule has 2 unspecified atom stereocenters. The smallest absolute Gasteiger partial charge is 0.132 e. The number of hydroxylamine groups is 3. The molecule has 0 radical (unpaired) electrons. The van der Waals surface area contributed by atoms with Crippen LogP contribution in [0.2, 0.25) is 0 Å². The maximum atomic E-state index is 12.5. The molecule has 0 saturated carbocycles. The average molecular weight is 317 g/mol. The number of piperazine rings is 1. The van der Waals surface area contributed by atoms with Crippen LogP contribution >= 0.6 is 0 Å². The standard InChI is InChI=1S/C17H19N3O.2H2O/c1-20(21)10-9-19-16(12-20)15-7-3-2-5-13(15)11-14-6-4-8-18-17(14)19;;/h2-8,16H,9-12H2,1H3;2*1H2. The lowest BCUT2D eigenvalue weighted by Crippen LogP contribution is -2.55. The molecule has 1 aromatic carbocycles. The fourth-order valence-electron chi connectivity index (χ4n) is 3.60. The third-order valence-electron chi connectivity index (χ3n) is 4.68. The minimum atomic E-state index is -0.169. The van der Waals surface area contributed by atoms with Crippen molar-refractivity contribution in [2.24, 2.45) is 0 Å². The van der Waals surface area contributed by atoms with Gasteiger partial charge in [0.2, 0.25) is 0 Å². The minimum Gasteiger partial charge on any atom is -0.633 e. The van der Waals surface area contributed by atoms with Gasteiger partial charge in [-0.2, -0.15) is 0 Å². The summed E-state index contributed by atoms with van der Waals surface area (Å²) in [7, 11) is 1.78. The number of hydrogen-bond donors (Lipinski definition) is 0. The first-order chi connectivity index (χ1) is 10.1. The van der Waals surface area contributed by atoms with Crippen LogP contribution < -0.4 is 4.90 Å². The van der Waals surface area contributed by atoms with E-state index in [1.165, 1.54) is 16.7 Å². The highest BCUT2D eigenvalue weighted by Crippen LogP contribution is 2.38. The van der Waals surface area contributed by atoms with E-state index >= 15 is 0 Å². The SMILES string of the molecule is C[N+]1([O-])CCN2c3ncccc3Cc3ccccc3C2C1.O.O. The van der Waals surface area contributed by atoms with Crippen LogP contribution in [-0.4, -0.2) is 47.3 Å². The summed E-state index contributed by atoms with van der Waals surface area (Å²) < 4.78 is -0.169. The van der Waals surface area contributed by atoms with Crippen molar-refractivity contribution < 1.29 is 15.6 Å². The zero-order chi connectivity index (χ0) is 14.4. The molecule has 3 heterocycles. The van der Waals surface area contributed by atoms with Gasteiger partial charge in [-0.1, -0.05) is 30.3 Å². The average Bonchev–Trinajstić information content (AvgIpc) is 2.60. The van der Waals surface area contributed by atoms with E-state index in [2.05, 4.69) is 40.2 Å². The van der Waals surface area contributed by atoms with E-state index in [0.29, 0.717) is 13.1 Å². The fourth-order valence-corrected chi connectivity index (χ4v) is 3.60. The van der Waals surface area contributed by atoms with Crippen LogP contribution in [0, 0.1) is 5.21 Å². The van der Waals surface area contributed by atoms with Crippen LogP contribution in [0.3, 0.4) is 0 Å². The Hall–Kier alpha value is -1.99. The molecule has 2 atom stereocenters. The van der Waals surface area contributed by atoms with Gasteiger partial charge < -0.3 is 25.7 Å². The van der Waals surface area contributed by atoms with Gasteiger partial charge in [-0.15, -0.1) is 0 Å². The first-order valence-corrected chi connectivity index (χ1v) is 7.48. The van der Waals surface area contributed by atoms with Crippen LogP contribution in [0.15, 0.2) is 42.6 Å². The highest BCUT2D eigenvalue weighted by molar-refractivity contribution is 5.55. The molecule has 0 aliphatic carbocycles. The topological polar surface area (TPSA) is 102 Å². The van der Waals surface area contributed by atoms with Gasteiger partial charge in [-0.05, 0) is 22.8 Å². The van der Waals surface area contributed by atoms with Crippen molar-refractivity contribution in [2.75, 3.05) is 31.6 Å². The Morgan fingerprint density at radius 1 is 1.13 bits per heavy atom. The summed E-state index contributed by atoms with van der Waals surface area (Å²) in [4.78, 5) is 6.94. The van der Waals surface area contributed by atoms with Gasteiger partial charge in [0, 0.05) is 12.6 Å². The Morgan fingerprint density at radius 2 is 1.87 bits per heavy atom. The summed E-state index contributed by atoms with van der Waals surface area (Å²) in [6.07, 6.45) is 2.75. The molecule has 1 fully saturated rings. The Balaban J connectivity index is 0.000000960. The number of quaternary nitrogens is 1. The molecule has 6 nitrogen and oxygen atoms in total. The summed E-state index contributed by atoms with van der Waals surface area (Å²) in [6.45, 7) is 1.98. The van der Waals surface area contributed by atoms with Gasteiger partial charge in [0.1, 0.15) is 18.4 Å². The van der Waals surface area contributed by atoms with E-state index in [4.69, 9.17) is 0 Å². The van der Waals surface area contributed by atoms with E-state index in [1.54, 1.807) is 7.05 Å². The molecule has 23 heavy (non-hydrogen) atoms.